The summed E-state index contributed by atoms with van der Waals surface area (Å²) in [6.45, 7) is 0. The highest BCUT2D eigenvalue weighted by atomic mass is 35.5. The number of pyridine rings is 2. The van der Waals surface area contributed by atoms with Crippen LogP contribution in [-0.4, -0.2) is 9.97 Å². The predicted octanol–water partition coefficient (Wildman–Crippen LogP) is 2.69. The number of aromatic nitrogens is 2. The van der Waals surface area contributed by atoms with Gasteiger partial charge in [0, 0.05) is 24.5 Å². The summed E-state index contributed by atoms with van der Waals surface area (Å²) in [6, 6.07) is 11.0. The van der Waals surface area contributed by atoms with Crippen molar-refractivity contribution in [3.63, 3.8) is 0 Å². The van der Waals surface area contributed by atoms with Crippen LogP contribution in [0.1, 0.15) is 0 Å². The molecule has 2 rings (SSSR count). The molecule has 0 atom stereocenters. The third kappa shape index (κ3) is 2.71. The molecule has 0 bridgehead atoms. The van der Waals surface area contributed by atoms with Gasteiger partial charge in [0.25, 0.3) is 0 Å². The molecular formula is C10H9ClN2O. The Morgan fingerprint density at radius 2 is 1.29 bits per heavy atom. The van der Waals surface area contributed by atoms with E-state index < -0.39 is 0 Å². The topological polar surface area (TPSA) is 35.0 Å². The van der Waals surface area contributed by atoms with Crippen LogP contribution in [0.4, 0.5) is 0 Å². The molecule has 0 saturated carbocycles. The van der Waals surface area contributed by atoms with Crippen molar-refractivity contribution in [3.05, 3.63) is 48.8 Å². The molecule has 0 radical (unpaired) electrons. The van der Waals surface area contributed by atoms with Gasteiger partial charge in [-0.25, -0.2) is 9.97 Å². The fourth-order valence-electron chi connectivity index (χ4n) is 0.922. The Labute approximate surface area is 88.2 Å². The van der Waals surface area contributed by atoms with Crippen molar-refractivity contribution in [3.8, 4) is 11.8 Å². The van der Waals surface area contributed by atoms with Gasteiger partial charge in [0.15, 0.2) is 0 Å². The third-order valence-electron chi connectivity index (χ3n) is 1.48. The Bertz CT molecular complexity index is 329. The highest BCUT2D eigenvalue weighted by molar-refractivity contribution is 5.85. The Balaban J connectivity index is 0.000000980. The Kier molecular flexibility index (Phi) is 3.88. The first-order valence-electron chi connectivity index (χ1n) is 3.95. The van der Waals surface area contributed by atoms with E-state index in [0.29, 0.717) is 11.8 Å². The normalized spacial score (nSPS) is 8.86. The molecule has 2 aromatic rings. The number of hydrogen-bond donors (Lipinski definition) is 0. The van der Waals surface area contributed by atoms with Gasteiger partial charge in [0.1, 0.15) is 0 Å². The molecule has 0 saturated heterocycles. The smallest absolute Gasteiger partial charge is 0.221 e. The van der Waals surface area contributed by atoms with Gasteiger partial charge < -0.3 is 4.74 Å². The molecule has 2 heterocycles. The molecule has 0 amide bonds. The molecule has 2 aromatic heterocycles. The summed E-state index contributed by atoms with van der Waals surface area (Å²) in [4.78, 5) is 8.02. The highest BCUT2D eigenvalue weighted by Gasteiger charge is 1.95. The van der Waals surface area contributed by atoms with E-state index in [1.54, 1.807) is 24.5 Å². The number of nitrogens with zero attached hydrogens (tertiary/aromatic N) is 2. The minimum Gasteiger partial charge on any atom is -0.421 e. The lowest BCUT2D eigenvalue weighted by Gasteiger charge is -2.00. The molecule has 0 unspecified atom stereocenters. The molecular weight excluding hydrogens is 200 g/mol. The molecule has 0 N–H and O–H groups in total. The Morgan fingerprint density at radius 1 is 0.786 bits per heavy atom. The van der Waals surface area contributed by atoms with Crippen molar-refractivity contribution in [2.24, 2.45) is 0 Å². The largest absolute Gasteiger partial charge is 0.421 e. The molecule has 3 nitrogen and oxygen atoms in total. The lowest BCUT2D eigenvalue weighted by atomic mass is 10.5. The maximum absolute atomic E-state index is 5.36. The van der Waals surface area contributed by atoms with E-state index in [1.807, 2.05) is 24.3 Å². The van der Waals surface area contributed by atoms with Crippen LogP contribution < -0.4 is 4.74 Å². The van der Waals surface area contributed by atoms with Crippen molar-refractivity contribution >= 4 is 12.4 Å². The van der Waals surface area contributed by atoms with Crippen molar-refractivity contribution in [1.82, 2.24) is 9.97 Å². The summed E-state index contributed by atoms with van der Waals surface area (Å²) in [5.41, 5.74) is 0. The maximum atomic E-state index is 5.36. The number of ether oxygens (including phenoxy) is 1. The summed E-state index contributed by atoms with van der Waals surface area (Å²) in [5, 5.41) is 0. The van der Waals surface area contributed by atoms with E-state index in [1.165, 1.54) is 0 Å². The summed E-state index contributed by atoms with van der Waals surface area (Å²) >= 11 is 0. The SMILES string of the molecule is Cl.c1ccc(Oc2ccccn2)nc1. The van der Waals surface area contributed by atoms with Gasteiger partial charge >= 0.3 is 0 Å². The number of halogens is 1. The number of hydrogen-bond acceptors (Lipinski definition) is 3. The minimum atomic E-state index is 0. The summed E-state index contributed by atoms with van der Waals surface area (Å²) < 4.78 is 5.36. The van der Waals surface area contributed by atoms with Gasteiger partial charge in [-0.2, -0.15) is 0 Å². The second-order valence-corrected chi connectivity index (χ2v) is 2.44. The third-order valence-corrected chi connectivity index (χ3v) is 1.48. The van der Waals surface area contributed by atoms with Crippen molar-refractivity contribution in [1.29, 1.82) is 0 Å². The van der Waals surface area contributed by atoms with Crippen LogP contribution in [0.2, 0.25) is 0 Å². The van der Waals surface area contributed by atoms with Crippen molar-refractivity contribution in [2.45, 2.75) is 0 Å². The molecule has 72 valence electrons. The van der Waals surface area contributed by atoms with Gasteiger partial charge in [-0.3, -0.25) is 0 Å². The van der Waals surface area contributed by atoms with Crippen LogP contribution in [0.5, 0.6) is 11.8 Å². The van der Waals surface area contributed by atoms with E-state index in [9.17, 15) is 0 Å². The summed E-state index contributed by atoms with van der Waals surface area (Å²) in [6.07, 6.45) is 3.36. The van der Waals surface area contributed by atoms with Gasteiger partial charge in [0.05, 0.1) is 0 Å². The molecule has 14 heavy (non-hydrogen) atoms. The molecule has 0 aliphatic rings. The van der Waals surface area contributed by atoms with Crippen LogP contribution in [0.3, 0.4) is 0 Å². The second-order valence-electron chi connectivity index (χ2n) is 2.44. The minimum absolute atomic E-state index is 0. The van der Waals surface area contributed by atoms with Crippen molar-refractivity contribution in [2.75, 3.05) is 0 Å². The zero-order valence-electron chi connectivity index (χ0n) is 7.33. The number of rotatable bonds is 2. The quantitative estimate of drug-likeness (QED) is 0.761. The van der Waals surface area contributed by atoms with Gasteiger partial charge in [-0.15, -0.1) is 12.4 Å². The van der Waals surface area contributed by atoms with Crippen LogP contribution in [-0.2, 0) is 0 Å². The van der Waals surface area contributed by atoms with Crippen LogP contribution in [0, 0.1) is 0 Å². The molecule has 0 aliphatic heterocycles. The lowest BCUT2D eigenvalue weighted by Crippen LogP contribution is -1.88. The van der Waals surface area contributed by atoms with E-state index in [2.05, 4.69) is 9.97 Å². The van der Waals surface area contributed by atoms with Gasteiger partial charge in [-0.1, -0.05) is 12.1 Å². The fourth-order valence-corrected chi connectivity index (χ4v) is 0.922. The maximum Gasteiger partial charge on any atom is 0.221 e. The highest BCUT2D eigenvalue weighted by Crippen LogP contribution is 2.14. The van der Waals surface area contributed by atoms with E-state index in [-0.39, 0.29) is 12.4 Å². The zero-order valence-corrected chi connectivity index (χ0v) is 8.15. The Hall–Kier alpha value is -1.61. The monoisotopic (exact) mass is 208 g/mol. The zero-order chi connectivity index (χ0) is 8.93. The first kappa shape index (κ1) is 10.5. The van der Waals surface area contributed by atoms with Gasteiger partial charge in [-0.05, 0) is 12.1 Å². The summed E-state index contributed by atoms with van der Waals surface area (Å²) in [5.74, 6) is 1.11. The molecule has 4 heteroatoms. The molecule has 0 spiro atoms. The van der Waals surface area contributed by atoms with E-state index in [0.717, 1.165) is 0 Å². The average molecular weight is 209 g/mol. The Morgan fingerprint density at radius 3 is 1.64 bits per heavy atom. The van der Waals surface area contributed by atoms with Crippen molar-refractivity contribution < 1.29 is 4.74 Å². The van der Waals surface area contributed by atoms with E-state index in [4.69, 9.17) is 4.74 Å². The van der Waals surface area contributed by atoms with E-state index >= 15 is 0 Å². The summed E-state index contributed by atoms with van der Waals surface area (Å²) in [7, 11) is 0. The average Bonchev–Trinajstić information content (AvgIpc) is 2.21. The van der Waals surface area contributed by atoms with Gasteiger partial charge in [0.2, 0.25) is 11.8 Å². The lowest BCUT2D eigenvalue weighted by molar-refractivity contribution is 0.445. The van der Waals surface area contributed by atoms with Crippen LogP contribution in [0.15, 0.2) is 48.8 Å². The fraction of sp³-hybridized carbons (Fsp3) is 0. The molecule has 0 aromatic carbocycles. The first-order valence-corrected chi connectivity index (χ1v) is 3.95. The van der Waals surface area contributed by atoms with Crippen LogP contribution >= 0.6 is 12.4 Å². The predicted molar refractivity (Wildman–Crippen MR) is 55.8 cm³/mol. The standard InChI is InChI=1S/C10H8N2O.ClH/c1-3-7-11-9(5-1)13-10-6-2-4-8-12-10;/h1-8H;1H. The van der Waals surface area contributed by atoms with Crippen LogP contribution in [0.25, 0.3) is 0 Å². The molecule has 0 fully saturated rings. The second kappa shape index (κ2) is 5.19. The first-order chi connectivity index (χ1) is 6.45. The molecule has 0 aliphatic carbocycles.